The number of methoxy groups -OCH3 is 2. The van der Waals surface area contributed by atoms with Gasteiger partial charge in [0.2, 0.25) is 5.91 Å². The number of aromatic nitrogens is 1. The van der Waals surface area contributed by atoms with Gasteiger partial charge in [-0.3, -0.25) is 19.3 Å². The topological polar surface area (TPSA) is 81.1 Å². The summed E-state index contributed by atoms with van der Waals surface area (Å²) < 4.78 is 12.9. The van der Waals surface area contributed by atoms with E-state index in [4.69, 9.17) is 21.7 Å². The molecule has 10 heteroatoms. The largest absolute Gasteiger partial charge is 0.493 e. The Bertz CT molecular complexity index is 1320. The van der Waals surface area contributed by atoms with Crippen molar-refractivity contribution in [2.75, 3.05) is 33.9 Å². The summed E-state index contributed by atoms with van der Waals surface area (Å²) in [5, 5.41) is 0. The van der Waals surface area contributed by atoms with Crippen LogP contribution in [0.3, 0.4) is 0 Å². The number of thioether (sulfide) groups is 1. The van der Waals surface area contributed by atoms with Crippen molar-refractivity contribution in [3.05, 3.63) is 62.9 Å². The molecule has 0 saturated carbocycles. The van der Waals surface area contributed by atoms with Crippen LogP contribution in [0.5, 0.6) is 11.5 Å². The summed E-state index contributed by atoms with van der Waals surface area (Å²) >= 11 is 6.69. The fourth-order valence-electron chi connectivity index (χ4n) is 5.25. The molecule has 4 heterocycles. The van der Waals surface area contributed by atoms with E-state index in [9.17, 15) is 14.4 Å². The van der Waals surface area contributed by atoms with E-state index in [0.29, 0.717) is 40.4 Å². The molecule has 0 spiro atoms. The maximum atomic E-state index is 13.1. The van der Waals surface area contributed by atoms with E-state index in [0.717, 1.165) is 17.7 Å². The van der Waals surface area contributed by atoms with Crippen LogP contribution in [0.25, 0.3) is 6.08 Å². The predicted molar refractivity (Wildman–Crippen MR) is 142 cm³/mol. The maximum absolute atomic E-state index is 13.1. The Morgan fingerprint density at radius 2 is 1.92 bits per heavy atom. The number of pyridine rings is 1. The molecule has 5 rings (SSSR count). The number of piperidine rings is 1. The number of amides is 2. The van der Waals surface area contributed by atoms with E-state index in [-0.39, 0.29) is 42.2 Å². The number of likely N-dealkylation sites (tertiary alicyclic amines) is 1. The number of hydrogen-bond acceptors (Lipinski definition) is 7. The minimum absolute atomic E-state index is 0.00866. The monoisotopic (exact) mass is 525 g/mol. The van der Waals surface area contributed by atoms with Crippen molar-refractivity contribution in [3.8, 4) is 11.5 Å². The molecule has 2 amide bonds. The Labute approximate surface area is 218 Å². The zero-order valence-corrected chi connectivity index (χ0v) is 21.8. The highest BCUT2D eigenvalue weighted by atomic mass is 32.2. The third-order valence-corrected chi connectivity index (χ3v) is 8.34. The average Bonchev–Trinajstić information content (AvgIpc) is 3.14. The molecule has 8 nitrogen and oxygen atoms in total. The van der Waals surface area contributed by atoms with Crippen molar-refractivity contribution in [2.24, 2.45) is 5.92 Å². The molecule has 3 aliphatic heterocycles. The lowest BCUT2D eigenvalue weighted by Gasteiger charge is -2.42. The van der Waals surface area contributed by atoms with Crippen molar-refractivity contribution in [1.29, 1.82) is 0 Å². The number of ether oxygens (including phenoxy) is 2. The van der Waals surface area contributed by atoms with Gasteiger partial charge < -0.3 is 18.9 Å². The van der Waals surface area contributed by atoms with E-state index >= 15 is 0 Å². The van der Waals surface area contributed by atoms with E-state index in [1.165, 1.54) is 16.7 Å². The summed E-state index contributed by atoms with van der Waals surface area (Å²) in [5.74, 6) is 1.42. The third-order valence-electron chi connectivity index (χ3n) is 6.96. The predicted octanol–water partition coefficient (Wildman–Crippen LogP) is 3.10. The Morgan fingerprint density at radius 3 is 2.69 bits per heavy atom. The number of hydrogen-bond donors (Lipinski definition) is 0. The molecule has 188 valence electrons. The van der Waals surface area contributed by atoms with Crippen molar-refractivity contribution >= 4 is 46.2 Å². The molecule has 1 aromatic carbocycles. The normalized spacial score (nSPS) is 22.1. The van der Waals surface area contributed by atoms with Crippen LogP contribution in [0.4, 0.5) is 0 Å². The Kier molecular flexibility index (Phi) is 6.90. The highest BCUT2D eigenvalue weighted by molar-refractivity contribution is 8.26. The number of thiocarbonyl (C=S) groups is 1. The fraction of sp³-hybridized carbons (Fsp3) is 0.385. The van der Waals surface area contributed by atoms with Crippen molar-refractivity contribution < 1.29 is 19.1 Å². The van der Waals surface area contributed by atoms with Crippen LogP contribution < -0.4 is 15.0 Å². The lowest BCUT2D eigenvalue weighted by molar-refractivity contribution is -0.134. The van der Waals surface area contributed by atoms with Crippen molar-refractivity contribution in [3.63, 3.8) is 0 Å². The van der Waals surface area contributed by atoms with Crippen LogP contribution in [0, 0.1) is 5.92 Å². The third kappa shape index (κ3) is 4.67. The molecule has 0 unspecified atom stereocenters. The number of benzene rings is 1. The number of carbonyl (C=O) groups is 2. The highest BCUT2D eigenvalue weighted by Crippen LogP contribution is 2.36. The number of nitrogens with zero attached hydrogens (tertiary/aromatic N) is 3. The van der Waals surface area contributed by atoms with E-state index in [2.05, 4.69) is 0 Å². The zero-order chi connectivity index (χ0) is 25.4. The van der Waals surface area contributed by atoms with Gasteiger partial charge in [0.15, 0.2) is 11.5 Å². The molecule has 1 aromatic heterocycles. The first-order valence-corrected chi connectivity index (χ1v) is 13.1. The molecule has 2 saturated heterocycles. The van der Waals surface area contributed by atoms with Crippen LogP contribution in [-0.2, 0) is 16.1 Å². The average molecular weight is 526 g/mol. The van der Waals surface area contributed by atoms with E-state index < -0.39 is 0 Å². The van der Waals surface area contributed by atoms with Gasteiger partial charge in [-0.15, -0.1) is 0 Å². The number of fused-ring (bicyclic) bond motifs is 4. The van der Waals surface area contributed by atoms with E-state index in [1.807, 2.05) is 21.6 Å². The maximum Gasteiger partial charge on any atom is 0.266 e. The molecule has 3 aliphatic rings. The molecule has 36 heavy (non-hydrogen) atoms. The molecule has 0 N–H and O–H groups in total. The van der Waals surface area contributed by atoms with Gasteiger partial charge in [0, 0.05) is 50.3 Å². The smallest absolute Gasteiger partial charge is 0.266 e. The van der Waals surface area contributed by atoms with Gasteiger partial charge in [-0.1, -0.05) is 36.1 Å². The summed E-state index contributed by atoms with van der Waals surface area (Å²) in [6.45, 7) is 2.11. The van der Waals surface area contributed by atoms with Gasteiger partial charge in [0.05, 0.1) is 19.1 Å². The molecular formula is C26H27N3O5S2. The Balaban J connectivity index is 1.23. The standard InChI is InChI=1S/C26H27N3O5S2/c1-33-20-7-6-16(11-21(20)34-2)12-22-25(32)28(26(35)36-22)9-8-23(30)27-13-17-10-18(15-27)19-4-3-5-24(31)29(19)14-17/h3-7,11-12,17-18H,8-10,13-15H2,1-2H3/b22-12+/t17-,18-/m0/s1. The lowest BCUT2D eigenvalue weighted by atomic mass is 9.83. The number of rotatable bonds is 6. The second kappa shape index (κ2) is 10.1. The van der Waals surface area contributed by atoms with Crippen LogP contribution >= 0.6 is 24.0 Å². The quantitative estimate of drug-likeness (QED) is 0.424. The first-order valence-electron chi connectivity index (χ1n) is 11.8. The van der Waals surface area contributed by atoms with Crippen LogP contribution in [0.1, 0.15) is 30.0 Å². The number of carbonyl (C=O) groups excluding carboxylic acids is 2. The zero-order valence-electron chi connectivity index (χ0n) is 20.1. The van der Waals surface area contributed by atoms with Gasteiger partial charge in [-0.2, -0.15) is 0 Å². The Morgan fingerprint density at radius 1 is 1.11 bits per heavy atom. The second-order valence-electron chi connectivity index (χ2n) is 9.19. The van der Waals surface area contributed by atoms with Gasteiger partial charge in [-0.05, 0) is 42.2 Å². The highest BCUT2D eigenvalue weighted by Gasteiger charge is 2.37. The van der Waals surface area contributed by atoms with Crippen LogP contribution in [-0.4, -0.2) is 64.4 Å². The molecule has 0 aliphatic carbocycles. The van der Waals surface area contributed by atoms with E-state index in [1.54, 1.807) is 44.6 Å². The minimum atomic E-state index is -0.198. The summed E-state index contributed by atoms with van der Waals surface area (Å²) in [4.78, 5) is 42.3. The summed E-state index contributed by atoms with van der Waals surface area (Å²) in [5.41, 5.74) is 1.83. The van der Waals surface area contributed by atoms with Crippen LogP contribution in [0.2, 0.25) is 0 Å². The molecule has 2 fully saturated rings. The summed E-state index contributed by atoms with van der Waals surface area (Å²) in [6, 6.07) is 10.8. The first kappa shape index (κ1) is 24.6. The minimum Gasteiger partial charge on any atom is -0.493 e. The fourth-order valence-corrected chi connectivity index (χ4v) is 6.56. The molecule has 2 atom stereocenters. The molecule has 2 bridgehead atoms. The summed E-state index contributed by atoms with van der Waals surface area (Å²) in [7, 11) is 3.13. The summed E-state index contributed by atoms with van der Waals surface area (Å²) in [6.07, 6.45) is 2.97. The lowest BCUT2D eigenvalue weighted by Crippen LogP contribution is -2.49. The van der Waals surface area contributed by atoms with Crippen molar-refractivity contribution in [1.82, 2.24) is 14.4 Å². The van der Waals surface area contributed by atoms with Gasteiger partial charge in [0.1, 0.15) is 4.32 Å². The van der Waals surface area contributed by atoms with Gasteiger partial charge >= 0.3 is 0 Å². The molecular weight excluding hydrogens is 498 g/mol. The molecule has 0 radical (unpaired) electrons. The van der Waals surface area contributed by atoms with Gasteiger partial charge in [0.25, 0.3) is 11.5 Å². The second-order valence-corrected chi connectivity index (χ2v) is 10.9. The first-order chi connectivity index (χ1) is 17.4. The van der Waals surface area contributed by atoms with Gasteiger partial charge in [-0.25, -0.2) is 0 Å². The van der Waals surface area contributed by atoms with Crippen molar-refractivity contribution in [2.45, 2.75) is 25.3 Å². The Hall–Kier alpha value is -3.11. The SMILES string of the molecule is COc1ccc(/C=C2/SC(=S)N(CCC(=O)N3C[C@@H]4C[C@@H](C3)c3cccc(=O)n3C4)C2=O)cc1OC. The van der Waals surface area contributed by atoms with Crippen LogP contribution in [0.15, 0.2) is 46.1 Å². The molecule has 2 aromatic rings.